The highest BCUT2D eigenvalue weighted by molar-refractivity contribution is 9.11. The molecular formula is C16H14BrN5OS. The minimum atomic E-state index is -0.0587. The van der Waals surface area contributed by atoms with Crippen molar-refractivity contribution in [3.05, 3.63) is 44.3 Å². The van der Waals surface area contributed by atoms with E-state index in [9.17, 15) is 10.1 Å². The second-order valence-electron chi connectivity index (χ2n) is 6.17. The molecule has 8 heteroatoms. The van der Waals surface area contributed by atoms with E-state index in [0.717, 1.165) is 27.3 Å². The van der Waals surface area contributed by atoms with Crippen LogP contribution in [0.1, 0.15) is 29.0 Å². The van der Waals surface area contributed by atoms with E-state index in [1.54, 1.807) is 6.07 Å². The number of nitriles is 1. The molecule has 2 aromatic rings. The lowest BCUT2D eigenvalue weighted by Gasteiger charge is -2.21. The third-order valence-electron chi connectivity index (χ3n) is 4.62. The number of halogens is 1. The Labute approximate surface area is 151 Å². The molecule has 4 rings (SSSR count). The zero-order chi connectivity index (χ0) is 16.7. The average molecular weight is 404 g/mol. The van der Waals surface area contributed by atoms with Crippen LogP contribution >= 0.6 is 27.3 Å². The predicted octanol–water partition coefficient (Wildman–Crippen LogP) is 3.14. The van der Waals surface area contributed by atoms with Crippen LogP contribution in [-0.4, -0.2) is 38.1 Å². The summed E-state index contributed by atoms with van der Waals surface area (Å²) < 4.78 is 0.730. The Morgan fingerprint density at radius 3 is 2.75 bits per heavy atom. The number of amides is 2. The van der Waals surface area contributed by atoms with E-state index >= 15 is 0 Å². The Bertz CT molecular complexity index is 841. The van der Waals surface area contributed by atoms with Gasteiger partial charge in [-0.05, 0) is 40.4 Å². The quantitative estimate of drug-likeness (QED) is 0.785. The van der Waals surface area contributed by atoms with Crippen LogP contribution < -0.4 is 0 Å². The molecule has 1 saturated carbocycles. The fourth-order valence-electron chi connectivity index (χ4n) is 3.22. The Kier molecular flexibility index (Phi) is 3.77. The minimum absolute atomic E-state index is 0.0200. The summed E-state index contributed by atoms with van der Waals surface area (Å²) in [4.78, 5) is 16.7. The monoisotopic (exact) mass is 403 g/mol. The molecule has 1 aromatic heterocycles. The highest BCUT2D eigenvalue weighted by atomic mass is 79.9. The van der Waals surface area contributed by atoms with E-state index in [1.165, 1.54) is 11.3 Å². The molecule has 6 nitrogen and oxygen atoms in total. The summed E-state index contributed by atoms with van der Waals surface area (Å²) >= 11 is 4.77. The summed E-state index contributed by atoms with van der Waals surface area (Å²) in [5.74, 6) is 0. The molecule has 122 valence electrons. The standard InChI is InChI=1S/C16H14BrN5OS/c17-14-20-19-13(24-14)9-22-15(23)21(10-16(22)5-6-16)8-12-4-2-1-3-11(12)7-18/h1-4H,5-6,8-10H2. The van der Waals surface area contributed by atoms with Crippen molar-refractivity contribution in [2.24, 2.45) is 0 Å². The van der Waals surface area contributed by atoms with Gasteiger partial charge in [0.1, 0.15) is 5.01 Å². The zero-order valence-corrected chi connectivity index (χ0v) is 15.2. The molecule has 1 aliphatic carbocycles. The summed E-state index contributed by atoms with van der Waals surface area (Å²) in [5, 5.41) is 18.1. The Hall–Kier alpha value is -1.98. The van der Waals surface area contributed by atoms with Crippen molar-refractivity contribution in [1.29, 1.82) is 5.26 Å². The van der Waals surface area contributed by atoms with E-state index in [-0.39, 0.29) is 11.6 Å². The molecule has 2 heterocycles. The topological polar surface area (TPSA) is 73.1 Å². The van der Waals surface area contributed by atoms with Gasteiger partial charge in [-0.25, -0.2) is 4.79 Å². The van der Waals surface area contributed by atoms with Crippen LogP contribution in [0.25, 0.3) is 0 Å². The first-order valence-electron chi connectivity index (χ1n) is 7.64. The molecule has 1 spiro atoms. The normalized spacial score (nSPS) is 18.2. The molecule has 0 radical (unpaired) electrons. The van der Waals surface area contributed by atoms with Crippen LogP contribution in [0.2, 0.25) is 0 Å². The van der Waals surface area contributed by atoms with Crippen molar-refractivity contribution in [3.8, 4) is 6.07 Å². The van der Waals surface area contributed by atoms with Gasteiger partial charge in [0.05, 0.1) is 23.7 Å². The molecule has 0 N–H and O–H groups in total. The predicted molar refractivity (Wildman–Crippen MR) is 92.1 cm³/mol. The van der Waals surface area contributed by atoms with Crippen molar-refractivity contribution >= 4 is 33.3 Å². The van der Waals surface area contributed by atoms with Crippen molar-refractivity contribution in [1.82, 2.24) is 20.0 Å². The number of hydrogen-bond donors (Lipinski definition) is 0. The molecule has 1 saturated heterocycles. The maximum absolute atomic E-state index is 12.9. The maximum Gasteiger partial charge on any atom is 0.321 e. The Balaban J connectivity index is 1.54. The summed E-state index contributed by atoms with van der Waals surface area (Å²) in [6.07, 6.45) is 2.05. The van der Waals surface area contributed by atoms with Gasteiger partial charge in [0, 0.05) is 13.1 Å². The van der Waals surface area contributed by atoms with Crippen LogP contribution in [0, 0.1) is 11.3 Å². The molecule has 0 bridgehead atoms. The molecule has 0 unspecified atom stereocenters. The van der Waals surface area contributed by atoms with Crippen molar-refractivity contribution in [2.45, 2.75) is 31.5 Å². The van der Waals surface area contributed by atoms with Gasteiger partial charge in [-0.15, -0.1) is 10.2 Å². The van der Waals surface area contributed by atoms with Gasteiger partial charge in [-0.3, -0.25) is 0 Å². The summed E-state index contributed by atoms with van der Waals surface area (Å²) in [7, 11) is 0. The number of aromatic nitrogens is 2. The molecule has 1 aromatic carbocycles. The van der Waals surface area contributed by atoms with Crippen molar-refractivity contribution < 1.29 is 4.79 Å². The van der Waals surface area contributed by atoms with E-state index in [4.69, 9.17) is 0 Å². The lowest BCUT2D eigenvalue weighted by atomic mass is 10.1. The average Bonchev–Trinajstić information content (AvgIpc) is 3.17. The number of carbonyl (C=O) groups is 1. The largest absolute Gasteiger partial charge is 0.321 e. The number of hydrogen-bond acceptors (Lipinski definition) is 5. The van der Waals surface area contributed by atoms with Crippen LogP contribution in [0.5, 0.6) is 0 Å². The zero-order valence-electron chi connectivity index (χ0n) is 12.8. The highest BCUT2D eigenvalue weighted by Crippen LogP contribution is 2.48. The van der Waals surface area contributed by atoms with Crippen LogP contribution in [-0.2, 0) is 13.1 Å². The fraction of sp³-hybridized carbons (Fsp3) is 0.375. The summed E-state index contributed by atoms with van der Waals surface area (Å²) in [6.45, 7) is 1.69. The minimum Gasteiger partial charge on any atom is -0.318 e. The molecule has 24 heavy (non-hydrogen) atoms. The van der Waals surface area contributed by atoms with Crippen LogP contribution in [0.4, 0.5) is 4.79 Å². The van der Waals surface area contributed by atoms with E-state index < -0.39 is 0 Å². The summed E-state index contributed by atoms with van der Waals surface area (Å²) in [6, 6.07) is 9.67. The van der Waals surface area contributed by atoms with Crippen LogP contribution in [0.3, 0.4) is 0 Å². The molecular weight excluding hydrogens is 390 g/mol. The summed E-state index contributed by atoms with van der Waals surface area (Å²) in [5.41, 5.74) is 1.46. The second-order valence-corrected chi connectivity index (χ2v) is 8.50. The lowest BCUT2D eigenvalue weighted by Crippen LogP contribution is -2.35. The lowest BCUT2D eigenvalue weighted by molar-refractivity contribution is 0.180. The first kappa shape index (κ1) is 15.5. The van der Waals surface area contributed by atoms with Gasteiger partial charge in [-0.1, -0.05) is 29.5 Å². The fourth-order valence-corrected chi connectivity index (χ4v) is 4.41. The molecule has 1 aliphatic heterocycles. The van der Waals surface area contributed by atoms with Gasteiger partial charge < -0.3 is 9.80 Å². The van der Waals surface area contributed by atoms with Crippen molar-refractivity contribution in [3.63, 3.8) is 0 Å². The Morgan fingerprint density at radius 1 is 1.29 bits per heavy atom. The molecule has 2 fully saturated rings. The molecule has 0 atom stereocenters. The van der Waals surface area contributed by atoms with Gasteiger partial charge >= 0.3 is 6.03 Å². The van der Waals surface area contributed by atoms with Gasteiger partial charge in [0.2, 0.25) is 0 Å². The third kappa shape index (κ3) is 2.68. The SMILES string of the molecule is N#Cc1ccccc1CN1CC2(CC2)N(Cc2nnc(Br)s2)C1=O. The van der Waals surface area contributed by atoms with Gasteiger partial charge in [0.15, 0.2) is 3.92 Å². The Morgan fingerprint density at radius 2 is 2.08 bits per heavy atom. The number of urea groups is 1. The molecule has 2 amide bonds. The number of carbonyl (C=O) groups excluding carboxylic acids is 1. The van der Waals surface area contributed by atoms with E-state index in [1.807, 2.05) is 28.0 Å². The van der Waals surface area contributed by atoms with Crippen molar-refractivity contribution in [2.75, 3.05) is 6.54 Å². The van der Waals surface area contributed by atoms with Crippen LogP contribution in [0.15, 0.2) is 28.2 Å². The second kappa shape index (κ2) is 5.83. The number of nitrogens with zero attached hydrogens (tertiary/aromatic N) is 5. The third-order valence-corrected chi connectivity index (χ3v) is 5.96. The first-order chi connectivity index (χ1) is 11.6. The van der Waals surface area contributed by atoms with Gasteiger partial charge in [0.25, 0.3) is 0 Å². The van der Waals surface area contributed by atoms with E-state index in [0.29, 0.717) is 25.2 Å². The maximum atomic E-state index is 12.9. The van der Waals surface area contributed by atoms with Gasteiger partial charge in [-0.2, -0.15) is 5.26 Å². The first-order valence-corrected chi connectivity index (χ1v) is 9.25. The highest BCUT2D eigenvalue weighted by Gasteiger charge is 2.57. The number of rotatable bonds is 4. The van der Waals surface area contributed by atoms with E-state index in [2.05, 4.69) is 32.2 Å². The smallest absolute Gasteiger partial charge is 0.318 e. The molecule has 2 aliphatic rings. The number of benzene rings is 1.